The van der Waals surface area contributed by atoms with Crippen LogP contribution in [0.4, 0.5) is 16.5 Å². The number of hydrogen-bond donors (Lipinski definition) is 2. The monoisotopic (exact) mass is 497 g/mol. The fourth-order valence-corrected chi connectivity index (χ4v) is 5.62. The van der Waals surface area contributed by atoms with Gasteiger partial charge < -0.3 is 15.3 Å². The number of carboxylic acid groups (broad SMARTS) is 1. The molecule has 0 radical (unpaired) electrons. The largest absolute Gasteiger partial charge is 0.478 e. The number of nitrogens with one attached hydrogen (secondary N) is 1. The number of aromatic carboxylic acids is 1. The maximum Gasteiger partial charge on any atom is 0.335 e. The summed E-state index contributed by atoms with van der Waals surface area (Å²) in [5.41, 5.74) is 7.03. The van der Waals surface area contributed by atoms with Crippen LogP contribution in [0.25, 0.3) is 11.3 Å². The molecule has 0 saturated heterocycles. The molecule has 1 saturated carbocycles. The molecule has 0 unspecified atom stereocenters. The van der Waals surface area contributed by atoms with Gasteiger partial charge in [-0.15, -0.1) is 11.3 Å². The van der Waals surface area contributed by atoms with E-state index in [-0.39, 0.29) is 5.56 Å². The number of aromatic nitrogens is 1. The standard InChI is InChI=1S/C30H31N3O2S/c1-33(27-17-13-25(14-18-27)29(34)35)30-32-28(20-36-30)24-11-15-26(16-12-24)31-19-21-7-9-23(10-8-21)22-5-3-2-4-6-22/h7-18,20,22,31H,2-6,19H2,1H3,(H,34,35). The van der Waals surface area contributed by atoms with E-state index in [1.165, 1.54) is 43.2 Å². The van der Waals surface area contributed by atoms with Gasteiger partial charge in [-0.05, 0) is 66.3 Å². The molecule has 0 spiro atoms. The highest BCUT2D eigenvalue weighted by molar-refractivity contribution is 7.14. The molecule has 4 aromatic rings. The lowest BCUT2D eigenvalue weighted by atomic mass is 9.84. The van der Waals surface area contributed by atoms with Gasteiger partial charge in [0.05, 0.1) is 11.3 Å². The van der Waals surface area contributed by atoms with Gasteiger partial charge in [0.2, 0.25) is 0 Å². The van der Waals surface area contributed by atoms with Crippen molar-refractivity contribution < 1.29 is 9.90 Å². The molecule has 184 valence electrons. The number of thiazole rings is 1. The topological polar surface area (TPSA) is 65.5 Å². The molecule has 0 bridgehead atoms. The van der Waals surface area contributed by atoms with E-state index in [4.69, 9.17) is 10.1 Å². The van der Waals surface area contributed by atoms with Crippen molar-refractivity contribution in [3.05, 3.63) is 94.9 Å². The van der Waals surface area contributed by atoms with Crippen LogP contribution in [0.3, 0.4) is 0 Å². The summed E-state index contributed by atoms with van der Waals surface area (Å²) in [6.07, 6.45) is 6.79. The Morgan fingerprint density at radius 3 is 2.33 bits per heavy atom. The first kappa shape index (κ1) is 24.1. The van der Waals surface area contributed by atoms with Crippen molar-refractivity contribution in [3.8, 4) is 11.3 Å². The molecular weight excluding hydrogens is 466 g/mol. The van der Waals surface area contributed by atoms with Crippen molar-refractivity contribution in [1.29, 1.82) is 0 Å². The SMILES string of the molecule is CN(c1ccc(C(=O)O)cc1)c1nc(-c2ccc(NCc3ccc(C4CCCCC4)cc3)cc2)cs1. The van der Waals surface area contributed by atoms with Crippen LogP contribution in [0.15, 0.2) is 78.2 Å². The molecule has 5 nitrogen and oxygen atoms in total. The molecule has 3 aromatic carbocycles. The highest BCUT2D eigenvalue weighted by atomic mass is 32.1. The van der Waals surface area contributed by atoms with Crippen molar-refractivity contribution >= 4 is 33.8 Å². The first-order valence-corrected chi connectivity index (χ1v) is 13.4. The third kappa shape index (κ3) is 5.60. The van der Waals surface area contributed by atoms with Gasteiger partial charge in [-0.25, -0.2) is 9.78 Å². The molecule has 0 atom stereocenters. The molecule has 1 aromatic heterocycles. The molecule has 36 heavy (non-hydrogen) atoms. The summed E-state index contributed by atoms with van der Waals surface area (Å²) in [6, 6.07) is 24.3. The minimum absolute atomic E-state index is 0.275. The number of anilines is 3. The minimum atomic E-state index is -0.925. The van der Waals surface area contributed by atoms with Crippen LogP contribution in [-0.4, -0.2) is 23.1 Å². The Morgan fingerprint density at radius 2 is 1.67 bits per heavy atom. The molecule has 6 heteroatoms. The molecule has 1 aliphatic carbocycles. The number of carbonyl (C=O) groups is 1. The third-order valence-electron chi connectivity index (χ3n) is 7.01. The Balaban J connectivity index is 1.18. The van der Waals surface area contributed by atoms with E-state index in [9.17, 15) is 4.79 Å². The first-order chi connectivity index (χ1) is 17.6. The van der Waals surface area contributed by atoms with Crippen molar-refractivity contribution in [1.82, 2.24) is 4.98 Å². The molecule has 1 aliphatic rings. The molecular formula is C30H31N3O2S. The fraction of sp³-hybridized carbons (Fsp3) is 0.267. The number of benzene rings is 3. The summed E-state index contributed by atoms with van der Waals surface area (Å²) in [6.45, 7) is 0.802. The molecule has 0 amide bonds. The van der Waals surface area contributed by atoms with Gasteiger partial charge in [0.15, 0.2) is 5.13 Å². The van der Waals surface area contributed by atoms with Gasteiger partial charge in [-0.1, -0.05) is 55.7 Å². The maximum atomic E-state index is 11.1. The van der Waals surface area contributed by atoms with Crippen molar-refractivity contribution in [3.63, 3.8) is 0 Å². The maximum absolute atomic E-state index is 11.1. The number of nitrogens with zero attached hydrogens (tertiary/aromatic N) is 2. The highest BCUT2D eigenvalue weighted by Crippen LogP contribution is 2.33. The van der Waals surface area contributed by atoms with Crippen molar-refractivity contribution in [2.24, 2.45) is 0 Å². The second-order valence-electron chi connectivity index (χ2n) is 9.43. The fourth-order valence-electron chi connectivity index (χ4n) is 4.80. The molecule has 1 heterocycles. The number of carboxylic acids is 1. The molecule has 5 rings (SSSR count). The van der Waals surface area contributed by atoms with Gasteiger partial charge >= 0.3 is 5.97 Å². The lowest BCUT2D eigenvalue weighted by Gasteiger charge is -2.22. The Morgan fingerprint density at radius 1 is 0.972 bits per heavy atom. The average molecular weight is 498 g/mol. The highest BCUT2D eigenvalue weighted by Gasteiger charge is 2.15. The Hall–Kier alpha value is -3.64. The summed E-state index contributed by atoms with van der Waals surface area (Å²) in [5, 5.41) is 15.5. The predicted molar refractivity (Wildman–Crippen MR) is 149 cm³/mol. The molecule has 1 fully saturated rings. The number of hydrogen-bond acceptors (Lipinski definition) is 5. The minimum Gasteiger partial charge on any atom is -0.478 e. The van der Waals surface area contributed by atoms with Gasteiger partial charge in [0, 0.05) is 35.9 Å². The van der Waals surface area contributed by atoms with E-state index < -0.39 is 5.97 Å². The van der Waals surface area contributed by atoms with E-state index in [2.05, 4.69) is 53.8 Å². The third-order valence-corrected chi connectivity index (χ3v) is 7.93. The Bertz CT molecular complexity index is 1290. The smallest absolute Gasteiger partial charge is 0.335 e. The van der Waals surface area contributed by atoms with Crippen LogP contribution in [0.2, 0.25) is 0 Å². The second kappa shape index (κ2) is 11.0. The quantitative estimate of drug-likeness (QED) is 0.259. The molecule has 2 N–H and O–H groups in total. The second-order valence-corrected chi connectivity index (χ2v) is 10.3. The summed E-state index contributed by atoms with van der Waals surface area (Å²) in [4.78, 5) is 17.8. The van der Waals surface area contributed by atoms with E-state index in [0.29, 0.717) is 0 Å². The van der Waals surface area contributed by atoms with Crippen LogP contribution in [0.5, 0.6) is 0 Å². The lowest BCUT2D eigenvalue weighted by Crippen LogP contribution is -2.09. The number of rotatable bonds is 8. The summed E-state index contributed by atoms with van der Waals surface area (Å²) in [5.74, 6) is -0.178. The summed E-state index contributed by atoms with van der Waals surface area (Å²) < 4.78 is 0. The van der Waals surface area contributed by atoms with Gasteiger partial charge in [0.25, 0.3) is 0 Å². The van der Waals surface area contributed by atoms with E-state index in [1.807, 2.05) is 17.3 Å². The van der Waals surface area contributed by atoms with Gasteiger partial charge in [-0.3, -0.25) is 0 Å². The van der Waals surface area contributed by atoms with Gasteiger partial charge in [-0.2, -0.15) is 0 Å². The van der Waals surface area contributed by atoms with Crippen molar-refractivity contribution in [2.45, 2.75) is 44.6 Å². The zero-order chi connectivity index (χ0) is 24.9. The first-order valence-electron chi connectivity index (χ1n) is 12.5. The zero-order valence-electron chi connectivity index (χ0n) is 20.5. The van der Waals surface area contributed by atoms with E-state index >= 15 is 0 Å². The summed E-state index contributed by atoms with van der Waals surface area (Å²) >= 11 is 1.56. The zero-order valence-corrected chi connectivity index (χ0v) is 21.3. The van der Waals surface area contributed by atoms with Gasteiger partial charge in [0.1, 0.15) is 0 Å². The van der Waals surface area contributed by atoms with E-state index in [0.717, 1.165) is 40.2 Å². The van der Waals surface area contributed by atoms with Crippen LogP contribution in [0.1, 0.15) is 59.5 Å². The van der Waals surface area contributed by atoms with Crippen molar-refractivity contribution in [2.75, 3.05) is 17.3 Å². The van der Waals surface area contributed by atoms with Crippen LogP contribution >= 0.6 is 11.3 Å². The van der Waals surface area contributed by atoms with Crippen LogP contribution in [0, 0.1) is 0 Å². The Labute approximate surface area is 216 Å². The van der Waals surface area contributed by atoms with Crippen LogP contribution < -0.4 is 10.2 Å². The molecule has 0 aliphatic heterocycles. The predicted octanol–water partition coefficient (Wildman–Crippen LogP) is 7.94. The normalized spacial score (nSPS) is 13.9. The summed E-state index contributed by atoms with van der Waals surface area (Å²) in [7, 11) is 1.94. The van der Waals surface area contributed by atoms with Crippen LogP contribution in [-0.2, 0) is 6.54 Å². The lowest BCUT2D eigenvalue weighted by molar-refractivity contribution is 0.0697. The van der Waals surface area contributed by atoms with E-state index in [1.54, 1.807) is 35.6 Å². The Kier molecular flexibility index (Phi) is 7.33. The average Bonchev–Trinajstić information content (AvgIpc) is 3.43.